The Labute approximate surface area is 164 Å². The van der Waals surface area contributed by atoms with Gasteiger partial charge in [-0.2, -0.15) is 0 Å². The zero-order valence-corrected chi connectivity index (χ0v) is 16.6. The molecule has 0 saturated carbocycles. The maximum Gasteiger partial charge on any atom is 0.276 e. The van der Waals surface area contributed by atoms with Crippen LogP contribution in [0.4, 0.5) is 0 Å². The van der Waals surface area contributed by atoms with Crippen molar-refractivity contribution >= 4 is 17.7 Å². The fourth-order valence-corrected chi connectivity index (χ4v) is 5.02. The monoisotopic (exact) mass is 385 g/mol. The molecule has 2 saturated heterocycles. The molecule has 6 nitrogen and oxygen atoms in total. The van der Waals surface area contributed by atoms with Gasteiger partial charge in [0.05, 0.1) is 11.7 Å². The van der Waals surface area contributed by atoms with Gasteiger partial charge in [0.25, 0.3) is 5.91 Å². The van der Waals surface area contributed by atoms with Gasteiger partial charge in [0, 0.05) is 23.7 Å². The smallest absolute Gasteiger partial charge is 0.276 e. The molecule has 7 heteroatoms. The van der Waals surface area contributed by atoms with E-state index in [1.165, 1.54) is 4.90 Å². The highest BCUT2D eigenvalue weighted by Crippen LogP contribution is 2.27. The molecular weight excluding hydrogens is 358 g/mol. The predicted octanol–water partition coefficient (Wildman–Crippen LogP) is 2.77. The van der Waals surface area contributed by atoms with Crippen molar-refractivity contribution in [2.45, 2.75) is 37.1 Å². The van der Waals surface area contributed by atoms with Crippen molar-refractivity contribution in [1.82, 2.24) is 25.2 Å². The number of likely N-dealkylation sites (tertiary alicyclic amines) is 1. The van der Waals surface area contributed by atoms with Crippen LogP contribution < -0.4 is 5.32 Å². The van der Waals surface area contributed by atoms with Crippen LogP contribution in [0.5, 0.6) is 0 Å². The molecule has 1 aromatic carbocycles. The number of aromatic nitrogens is 3. The lowest BCUT2D eigenvalue weighted by molar-refractivity contribution is 0.0781. The van der Waals surface area contributed by atoms with Crippen LogP contribution in [0, 0.1) is 12.8 Å². The van der Waals surface area contributed by atoms with Crippen LogP contribution in [0.1, 0.15) is 41.5 Å². The quantitative estimate of drug-likeness (QED) is 0.802. The van der Waals surface area contributed by atoms with Crippen LogP contribution in [-0.2, 0) is 0 Å². The van der Waals surface area contributed by atoms with E-state index >= 15 is 0 Å². The number of piperidine rings is 1. The molecule has 3 heterocycles. The molecule has 4 rings (SSSR count). The minimum Gasteiger partial charge on any atom is -0.337 e. The average Bonchev–Trinajstić information content (AvgIpc) is 3.34. The van der Waals surface area contributed by atoms with Gasteiger partial charge in [-0.3, -0.25) is 4.79 Å². The number of thioether (sulfide) groups is 1. The number of carbonyl (C=O) groups excluding carboxylic acids is 1. The second-order valence-corrected chi connectivity index (χ2v) is 8.57. The van der Waals surface area contributed by atoms with Crippen molar-refractivity contribution in [1.29, 1.82) is 0 Å². The number of nitrogens with zero attached hydrogens (tertiary/aromatic N) is 4. The summed E-state index contributed by atoms with van der Waals surface area (Å²) >= 11 is 1.88. The number of amides is 1. The molecule has 1 N–H and O–H groups in total. The summed E-state index contributed by atoms with van der Waals surface area (Å²) in [7, 11) is 0. The van der Waals surface area contributed by atoms with E-state index in [0.29, 0.717) is 17.7 Å². The van der Waals surface area contributed by atoms with Crippen LogP contribution in [0.15, 0.2) is 35.2 Å². The van der Waals surface area contributed by atoms with E-state index in [1.54, 1.807) is 0 Å². The fraction of sp³-hybridized carbons (Fsp3) is 0.550. The number of nitrogens with one attached hydrogen (secondary N) is 1. The minimum atomic E-state index is 0.0416. The largest absolute Gasteiger partial charge is 0.337 e. The van der Waals surface area contributed by atoms with Gasteiger partial charge >= 0.3 is 0 Å². The second-order valence-electron chi connectivity index (χ2n) is 7.48. The first-order valence-corrected chi connectivity index (χ1v) is 10.8. The molecule has 0 aliphatic carbocycles. The Hall–Kier alpha value is -1.86. The highest BCUT2D eigenvalue weighted by Gasteiger charge is 2.31. The Bertz CT molecular complexity index is 772. The summed E-state index contributed by atoms with van der Waals surface area (Å²) in [5.74, 6) is 1.63. The first-order chi connectivity index (χ1) is 13.2. The summed E-state index contributed by atoms with van der Waals surface area (Å²) in [6, 6.07) is 10.8. The first-order valence-electron chi connectivity index (χ1n) is 9.82. The Morgan fingerprint density at radius 2 is 2.00 bits per heavy atom. The third kappa shape index (κ3) is 4.19. The van der Waals surface area contributed by atoms with E-state index in [9.17, 15) is 4.79 Å². The maximum atomic E-state index is 13.0. The van der Waals surface area contributed by atoms with Gasteiger partial charge in [-0.25, -0.2) is 4.68 Å². The zero-order valence-electron chi connectivity index (χ0n) is 15.8. The number of hydrogen-bond donors (Lipinski definition) is 1. The number of rotatable bonds is 5. The van der Waals surface area contributed by atoms with Crippen LogP contribution in [0.2, 0.25) is 0 Å². The summed E-state index contributed by atoms with van der Waals surface area (Å²) < 4.78 is 1.97. The summed E-state index contributed by atoms with van der Waals surface area (Å²) in [6.45, 7) is 5.62. The van der Waals surface area contributed by atoms with E-state index in [0.717, 1.165) is 56.9 Å². The molecule has 1 aromatic heterocycles. The minimum absolute atomic E-state index is 0.0416. The lowest BCUT2D eigenvalue weighted by Gasteiger charge is -2.23. The number of carbonyl (C=O) groups is 1. The highest BCUT2D eigenvalue weighted by atomic mass is 32.2. The Morgan fingerprint density at radius 3 is 2.78 bits per heavy atom. The van der Waals surface area contributed by atoms with Gasteiger partial charge in [-0.15, -0.1) is 16.9 Å². The molecule has 2 aromatic rings. The maximum absolute atomic E-state index is 13.0. The van der Waals surface area contributed by atoms with Gasteiger partial charge in [0.15, 0.2) is 5.69 Å². The average molecular weight is 386 g/mol. The van der Waals surface area contributed by atoms with Gasteiger partial charge in [0.1, 0.15) is 0 Å². The molecule has 2 aliphatic rings. The molecule has 2 fully saturated rings. The SMILES string of the molecule is Cc1c(C(=O)N2CCC(CSc3ccccc3)C2)nnn1C1CCNCC1. The van der Waals surface area contributed by atoms with Gasteiger partial charge < -0.3 is 10.2 Å². The molecule has 27 heavy (non-hydrogen) atoms. The summed E-state index contributed by atoms with van der Waals surface area (Å²) in [4.78, 5) is 16.2. The standard InChI is InChI=1S/C20H27N5OS/c1-15-19(22-23-25(15)17-7-10-21-11-8-17)20(26)24-12-9-16(13-24)14-27-18-5-3-2-4-6-18/h2-6,16-17,21H,7-14H2,1H3. The van der Waals surface area contributed by atoms with E-state index in [-0.39, 0.29) is 5.91 Å². The highest BCUT2D eigenvalue weighted by molar-refractivity contribution is 7.99. The number of benzene rings is 1. The summed E-state index contributed by atoms with van der Waals surface area (Å²) in [6.07, 6.45) is 3.15. The third-order valence-electron chi connectivity index (χ3n) is 5.59. The van der Waals surface area contributed by atoms with Crippen molar-refractivity contribution in [3.8, 4) is 0 Å². The van der Waals surface area contributed by atoms with E-state index < -0.39 is 0 Å². The van der Waals surface area contributed by atoms with E-state index in [4.69, 9.17) is 0 Å². The predicted molar refractivity (Wildman–Crippen MR) is 107 cm³/mol. The molecule has 0 bridgehead atoms. The Morgan fingerprint density at radius 1 is 1.22 bits per heavy atom. The van der Waals surface area contributed by atoms with Crippen molar-refractivity contribution in [3.05, 3.63) is 41.7 Å². The normalized spacial score (nSPS) is 20.9. The molecule has 2 aliphatic heterocycles. The topological polar surface area (TPSA) is 63.1 Å². The van der Waals surface area contributed by atoms with E-state index in [1.807, 2.05) is 34.3 Å². The summed E-state index contributed by atoms with van der Waals surface area (Å²) in [5, 5.41) is 11.9. The van der Waals surface area contributed by atoms with Crippen LogP contribution in [0.3, 0.4) is 0 Å². The summed E-state index contributed by atoms with van der Waals surface area (Å²) in [5.41, 5.74) is 1.44. The molecular formula is C20H27N5OS. The molecule has 1 unspecified atom stereocenters. The van der Waals surface area contributed by atoms with Crippen molar-refractivity contribution < 1.29 is 4.79 Å². The molecule has 1 atom stereocenters. The third-order valence-corrected chi connectivity index (χ3v) is 6.83. The van der Waals surface area contributed by atoms with Crippen molar-refractivity contribution in [3.63, 3.8) is 0 Å². The lowest BCUT2D eigenvalue weighted by Crippen LogP contribution is -2.31. The molecule has 1 amide bonds. The van der Waals surface area contributed by atoms with Crippen LogP contribution in [0.25, 0.3) is 0 Å². The van der Waals surface area contributed by atoms with Crippen molar-refractivity contribution in [2.24, 2.45) is 5.92 Å². The Kier molecular flexibility index (Phi) is 5.78. The van der Waals surface area contributed by atoms with Gasteiger partial charge in [-0.1, -0.05) is 23.4 Å². The van der Waals surface area contributed by atoms with Crippen molar-refractivity contribution in [2.75, 3.05) is 31.9 Å². The molecule has 0 spiro atoms. The molecule has 0 radical (unpaired) electrons. The van der Waals surface area contributed by atoms with E-state index in [2.05, 4.69) is 39.9 Å². The van der Waals surface area contributed by atoms with Gasteiger partial charge in [0.2, 0.25) is 0 Å². The van der Waals surface area contributed by atoms with Gasteiger partial charge in [-0.05, 0) is 57.3 Å². The first kappa shape index (κ1) is 18.5. The Balaban J connectivity index is 1.35. The second kappa shape index (κ2) is 8.44. The zero-order chi connectivity index (χ0) is 18.6. The lowest BCUT2D eigenvalue weighted by atomic mass is 10.1. The fourth-order valence-electron chi connectivity index (χ4n) is 3.97. The van der Waals surface area contributed by atoms with Crippen LogP contribution >= 0.6 is 11.8 Å². The van der Waals surface area contributed by atoms with Crippen LogP contribution in [-0.4, -0.2) is 57.7 Å². The number of hydrogen-bond acceptors (Lipinski definition) is 5. The molecule has 144 valence electrons.